The first kappa shape index (κ1) is 8.56. The van der Waals surface area contributed by atoms with Gasteiger partial charge in [-0.2, -0.15) is 0 Å². The molecule has 5 heteroatoms. The molecule has 0 unspecified atom stereocenters. The number of nitrogens with one attached hydrogen (secondary N) is 1. The molecule has 0 fully saturated rings. The average Bonchev–Trinajstić information content (AvgIpc) is 1.96. The van der Waals surface area contributed by atoms with Crippen molar-refractivity contribution in [3.05, 3.63) is 16.0 Å². The fraction of sp³-hybridized carbons (Fsp3) is 0.333. The van der Waals surface area contributed by atoms with Crippen LogP contribution in [0.15, 0.2) is 0 Å². The predicted molar refractivity (Wildman–Crippen MR) is 46.3 cm³/mol. The highest BCUT2D eigenvalue weighted by atomic mass is 35.5. The SMILES string of the molecule is CNc1nc(Cl)nc(Cl)c1C. The first-order chi connectivity index (χ1) is 5.15. The molecular weight excluding hydrogens is 185 g/mol. The highest BCUT2D eigenvalue weighted by Crippen LogP contribution is 2.20. The number of anilines is 1. The van der Waals surface area contributed by atoms with Gasteiger partial charge in [-0.05, 0) is 18.5 Å². The Hall–Kier alpha value is -0.540. The largest absolute Gasteiger partial charge is 0.373 e. The Bertz CT molecular complexity index is 275. The lowest BCUT2D eigenvalue weighted by Gasteiger charge is -2.04. The zero-order valence-electron chi connectivity index (χ0n) is 6.15. The van der Waals surface area contributed by atoms with E-state index in [0.717, 1.165) is 5.56 Å². The van der Waals surface area contributed by atoms with Crippen molar-refractivity contribution < 1.29 is 0 Å². The van der Waals surface area contributed by atoms with Gasteiger partial charge in [0, 0.05) is 12.6 Å². The molecule has 0 saturated carbocycles. The Kier molecular flexibility index (Phi) is 2.52. The molecule has 60 valence electrons. The van der Waals surface area contributed by atoms with Crippen LogP contribution in [0.5, 0.6) is 0 Å². The van der Waals surface area contributed by atoms with Crippen LogP contribution in [0.4, 0.5) is 5.82 Å². The molecule has 0 aromatic carbocycles. The summed E-state index contributed by atoms with van der Waals surface area (Å²) in [6.45, 7) is 1.82. The Morgan fingerprint density at radius 2 is 1.91 bits per heavy atom. The summed E-state index contributed by atoms with van der Waals surface area (Å²) in [5.74, 6) is 0.662. The standard InChI is InChI=1S/C6H7Cl2N3/c1-3-4(7)10-6(8)11-5(3)9-2/h1-2H3,(H,9,10,11). The van der Waals surface area contributed by atoms with Crippen molar-refractivity contribution in [2.24, 2.45) is 0 Å². The van der Waals surface area contributed by atoms with Crippen LogP contribution < -0.4 is 5.32 Å². The van der Waals surface area contributed by atoms with Crippen LogP contribution in [0.1, 0.15) is 5.56 Å². The number of aromatic nitrogens is 2. The van der Waals surface area contributed by atoms with Crippen molar-refractivity contribution in [1.29, 1.82) is 0 Å². The van der Waals surface area contributed by atoms with E-state index in [1.807, 2.05) is 6.92 Å². The lowest BCUT2D eigenvalue weighted by Crippen LogP contribution is -1.98. The number of nitrogens with zero attached hydrogens (tertiary/aromatic N) is 2. The maximum absolute atomic E-state index is 5.72. The van der Waals surface area contributed by atoms with Gasteiger partial charge in [0.25, 0.3) is 0 Å². The molecule has 1 N–H and O–H groups in total. The first-order valence-electron chi connectivity index (χ1n) is 3.02. The van der Waals surface area contributed by atoms with Crippen molar-refractivity contribution >= 4 is 29.0 Å². The summed E-state index contributed by atoms with van der Waals surface area (Å²) in [5, 5.41) is 3.40. The minimum absolute atomic E-state index is 0.157. The molecule has 0 bridgehead atoms. The van der Waals surface area contributed by atoms with Crippen molar-refractivity contribution in [3.8, 4) is 0 Å². The van der Waals surface area contributed by atoms with Gasteiger partial charge in [0.15, 0.2) is 0 Å². The molecule has 0 aliphatic carbocycles. The molecule has 1 aromatic heterocycles. The maximum Gasteiger partial charge on any atom is 0.225 e. The third kappa shape index (κ3) is 1.73. The summed E-state index contributed by atoms with van der Waals surface area (Å²) in [6, 6.07) is 0. The lowest BCUT2D eigenvalue weighted by molar-refractivity contribution is 1.12. The summed E-state index contributed by atoms with van der Waals surface area (Å²) in [4.78, 5) is 7.67. The van der Waals surface area contributed by atoms with E-state index in [2.05, 4.69) is 15.3 Å². The van der Waals surface area contributed by atoms with Gasteiger partial charge in [-0.1, -0.05) is 11.6 Å². The second-order valence-electron chi connectivity index (χ2n) is 2.01. The summed E-state index contributed by atoms with van der Waals surface area (Å²) < 4.78 is 0. The van der Waals surface area contributed by atoms with E-state index in [9.17, 15) is 0 Å². The molecule has 0 spiro atoms. The number of hydrogen-bond donors (Lipinski definition) is 1. The molecule has 0 atom stereocenters. The number of hydrogen-bond acceptors (Lipinski definition) is 3. The summed E-state index contributed by atoms with van der Waals surface area (Å²) in [7, 11) is 1.75. The second-order valence-corrected chi connectivity index (χ2v) is 2.70. The molecule has 0 amide bonds. The van der Waals surface area contributed by atoms with E-state index in [1.165, 1.54) is 0 Å². The van der Waals surface area contributed by atoms with Crippen LogP contribution in [-0.4, -0.2) is 17.0 Å². The molecule has 1 heterocycles. The predicted octanol–water partition coefficient (Wildman–Crippen LogP) is 2.13. The fourth-order valence-corrected chi connectivity index (χ4v) is 1.09. The zero-order chi connectivity index (χ0) is 8.43. The van der Waals surface area contributed by atoms with Crippen LogP contribution in [0.25, 0.3) is 0 Å². The van der Waals surface area contributed by atoms with E-state index in [1.54, 1.807) is 7.05 Å². The third-order valence-corrected chi connectivity index (χ3v) is 1.83. The molecule has 1 rings (SSSR count). The molecule has 1 aromatic rings. The van der Waals surface area contributed by atoms with Crippen molar-refractivity contribution in [3.63, 3.8) is 0 Å². The van der Waals surface area contributed by atoms with Crippen LogP contribution in [0.3, 0.4) is 0 Å². The molecule has 0 saturated heterocycles. The van der Waals surface area contributed by atoms with E-state index >= 15 is 0 Å². The normalized spacial score (nSPS) is 9.82. The number of halogens is 2. The van der Waals surface area contributed by atoms with Gasteiger partial charge in [-0.15, -0.1) is 0 Å². The second kappa shape index (κ2) is 3.24. The first-order valence-corrected chi connectivity index (χ1v) is 3.78. The number of rotatable bonds is 1. The monoisotopic (exact) mass is 191 g/mol. The minimum atomic E-state index is 0.157. The molecule has 3 nitrogen and oxygen atoms in total. The van der Waals surface area contributed by atoms with Crippen LogP contribution in [0.2, 0.25) is 10.4 Å². The van der Waals surface area contributed by atoms with E-state index in [-0.39, 0.29) is 5.28 Å². The molecule has 11 heavy (non-hydrogen) atoms. The van der Waals surface area contributed by atoms with Gasteiger partial charge >= 0.3 is 0 Å². The molecule has 0 aliphatic heterocycles. The van der Waals surface area contributed by atoms with Crippen molar-refractivity contribution in [1.82, 2.24) is 9.97 Å². The maximum atomic E-state index is 5.72. The van der Waals surface area contributed by atoms with E-state index in [4.69, 9.17) is 23.2 Å². The van der Waals surface area contributed by atoms with E-state index < -0.39 is 0 Å². The Morgan fingerprint density at radius 1 is 1.27 bits per heavy atom. The highest BCUT2D eigenvalue weighted by molar-refractivity contribution is 6.32. The van der Waals surface area contributed by atoms with Crippen molar-refractivity contribution in [2.45, 2.75) is 6.92 Å². The van der Waals surface area contributed by atoms with Gasteiger partial charge in [0.1, 0.15) is 11.0 Å². The minimum Gasteiger partial charge on any atom is -0.373 e. The van der Waals surface area contributed by atoms with Gasteiger partial charge in [0.2, 0.25) is 5.28 Å². The zero-order valence-corrected chi connectivity index (χ0v) is 7.66. The van der Waals surface area contributed by atoms with Crippen LogP contribution >= 0.6 is 23.2 Å². The molecule has 0 radical (unpaired) electrons. The van der Waals surface area contributed by atoms with Gasteiger partial charge in [0.05, 0.1) is 0 Å². The van der Waals surface area contributed by atoms with Gasteiger partial charge in [-0.25, -0.2) is 9.97 Å². The Morgan fingerprint density at radius 3 is 2.45 bits per heavy atom. The Labute approximate surface area is 74.8 Å². The summed E-state index contributed by atoms with van der Waals surface area (Å²) in [6.07, 6.45) is 0. The summed E-state index contributed by atoms with van der Waals surface area (Å²) >= 11 is 11.3. The molecule has 0 aliphatic rings. The van der Waals surface area contributed by atoms with Crippen LogP contribution in [0, 0.1) is 6.92 Å². The molecular formula is C6H7Cl2N3. The summed E-state index contributed by atoms with van der Waals surface area (Å²) in [5.41, 5.74) is 0.804. The van der Waals surface area contributed by atoms with E-state index in [0.29, 0.717) is 11.0 Å². The third-order valence-electron chi connectivity index (χ3n) is 1.30. The van der Waals surface area contributed by atoms with Crippen LogP contribution in [-0.2, 0) is 0 Å². The quantitative estimate of drug-likeness (QED) is 0.547. The fourth-order valence-electron chi connectivity index (χ4n) is 0.707. The van der Waals surface area contributed by atoms with Crippen molar-refractivity contribution in [2.75, 3.05) is 12.4 Å². The highest BCUT2D eigenvalue weighted by Gasteiger charge is 2.05. The lowest BCUT2D eigenvalue weighted by atomic mass is 10.3. The van der Waals surface area contributed by atoms with Gasteiger partial charge in [-0.3, -0.25) is 0 Å². The topological polar surface area (TPSA) is 37.8 Å². The Balaban J connectivity index is 3.24. The smallest absolute Gasteiger partial charge is 0.225 e. The average molecular weight is 192 g/mol. The van der Waals surface area contributed by atoms with Gasteiger partial charge < -0.3 is 5.32 Å².